The van der Waals surface area contributed by atoms with E-state index in [0.29, 0.717) is 34.8 Å². The quantitative estimate of drug-likeness (QED) is 0.322. The summed E-state index contributed by atoms with van der Waals surface area (Å²) >= 11 is 13.2. The van der Waals surface area contributed by atoms with Crippen molar-refractivity contribution >= 4 is 53.0 Å². The van der Waals surface area contributed by atoms with E-state index in [-0.39, 0.29) is 11.7 Å². The van der Waals surface area contributed by atoms with Crippen LogP contribution in [-0.4, -0.2) is 54.1 Å². The number of hydrazone groups is 1. The zero-order valence-corrected chi connectivity index (χ0v) is 17.5. The molecule has 0 unspecified atom stereocenters. The van der Waals surface area contributed by atoms with Crippen molar-refractivity contribution in [1.82, 2.24) is 15.4 Å². The van der Waals surface area contributed by atoms with E-state index in [0.717, 1.165) is 23.8 Å². The van der Waals surface area contributed by atoms with Crippen molar-refractivity contribution in [2.24, 2.45) is 5.10 Å². The van der Waals surface area contributed by atoms with Gasteiger partial charge in [0.15, 0.2) is 0 Å². The molecule has 0 spiro atoms. The topological polar surface area (TPSA) is 79.7 Å². The fourth-order valence-electron chi connectivity index (χ4n) is 2.46. The van der Waals surface area contributed by atoms with Crippen LogP contribution in [0, 0.1) is 6.92 Å². The van der Waals surface area contributed by atoms with E-state index in [2.05, 4.69) is 25.4 Å². The minimum absolute atomic E-state index is 0.185. The van der Waals surface area contributed by atoms with Crippen LogP contribution < -0.4 is 10.3 Å². The van der Waals surface area contributed by atoms with Crippen molar-refractivity contribution in [3.63, 3.8) is 0 Å². The van der Waals surface area contributed by atoms with Crippen molar-refractivity contribution in [3.8, 4) is 0 Å². The van der Waals surface area contributed by atoms with Crippen molar-refractivity contribution < 1.29 is 9.53 Å². The van der Waals surface area contributed by atoms with Crippen LogP contribution in [0.15, 0.2) is 34.4 Å². The molecule has 2 heterocycles. The predicted octanol–water partition coefficient (Wildman–Crippen LogP) is 3.17. The average Bonchev–Trinajstić information content (AvgIpc) is 2.68. The summed E-state index contributed by atoms with van der Waals surface area (Å²) in [7, 11) is 0. The van der Waals surface area contributed by atoms with Crippen LogP contribution in [0.4, 0.5) is 5.95 Å². The number of benzene rings is 1. The number of morpholine rings is 1. The summed E-state index contributed by atoms with van der Waals surface area (Å²) in [4.78, 5) is 23.2. The number of carbonyl (C=O) groups is 1. The Morgan fingerprint density at radius 3 is 2.86 bits per heavy atom. The van der Waals surface area contributed by atoms with E-state index >= 15 is 0 Å². The van der Waals surface area contributed by atoms with E-state index in [4.69, 9.17) is 27.9 Å². The molecule has 1 aliphatic heterocycles. The summed E-state index contributed by atoms with van der Waals surface area (Å²) in [6.07, 6.45) is 1.48. The Hall–Kier alpha value is -1.87. The third kappa shape index (κ3) is 6.07. The highest BCUT2D eigenvalue weighted by atomic mass is 35.5. The highest BCUT2D eigenvalue weighted by Gasteiger charge is 2.15. The second-order valence-corrected chi connectivity index (χ2v) is 7.83. The summed E-state index contributed by atoms with van der Waals surface area (Å²) in [5.41, 5.74) is 4.01. The largest absolute Gasteiger partial charge is 0.378 e. The van der Waals surface area contributed by atoms with Gasteiger partial charge in [-0.15, -0.1) is 0 Å². The summed E-state index contributed by atoms with van der Waals surface area (Å²) in [5.74, 6) is 0.613. The Labute approximate surface area is 177 Å². The van der Waals surface area contributed by atoms with E-state index in [1.165, 1.54) is 18.0 Å². The molecular formula is C18H19Cl2N5O2S. The Morgan fingerprint density at radius 1 is 1.32 bits per heavy atom. The average molecular weight is 440 g/mol. The second kappa shape index (κ2) is 10.1. The number of hydrogen-bond donors (Lipinski definition) is 1. The van der Waals surface area contributed by atoms with E-state index in [1.54, 1.807) is 18.2 Å². The number of anilines is 1. The van der Waals surface area contributed by atoms with Gasteiger partial charge in [-0.25, -0.2) is 15.4 Å². The molecule has 1 N–H and O–H groups in total. The molecule has 148 valence electrons. The highest BCUT2D eigenvalue weighted by Crippen LogP contribution is 2.21. The molecule has 0 bridgehead atoms. The second-order valence-electron chi connectivity index (χ2n) is 5.99. The minimum Gasteiger partial charge on any atom is -0.378 e. The molecule has 1 aromatic heterocycles. The number of nitrogens with zero attached hydrogens (tertiary/aromatic N) is 4. The smallest absolute Gasteiger partial charge is 0.250 e. The third-order valence-electron chi connectivity index (χ3n) is 3.82. The van der Waals surface area contributed by atoms with Gasteiger partial charge >= 0.3 is 0 Å². The van der Waals surface area contributed by atoms with E-state index < -0.39 is 0 Å². The molecule has 7 nitrogen and oxygen atoms in total. The number of hydrogen-bond acceptors (Lipinski definition) is 7. The maximum absolute atomic E-state index is 12.0. The lowest BCUT2D eigenvalue weighted by atomic mass is 10.2. The van der Waals surface area contributed by atoms with Crippen LogP contribution >= 0.6 is 35.0 Å². The molecule has 3 rings (SSSR count). The molecule has 1 saturated heterocycles. The first kappa shape index (κ1) is 20.9. The summed E-state index contributed by atoms with van der Waals surface area (Å²) < 4.78 is 5.36. The zero-order valence-electron chi connectivity index (χ0n) is 15.2. The van der Waals surface area contributed by atoms with E-state index in [1.807, 2.05) is 13.0 Å². The van der Waals surface area contributed by atoms with Gasteiger partial charge in [0, 0.05) is 29.4 Å². The fraction of sp³-hybridized carbons (Fsp3) is 0.333. The number of carbonyl (C=O) groups excluding carboxylic acids is 1. The van der Waals surface area contributed by atoms with Gasteiger partial charge in [-0.2, -0.15) is 5.10 Å². The van der Waals surface area contributed by atoms with Gasteiger partial charge in [0.2, 0.25) is 11.9 Å². The Morgan fingerprint density at radius 2 is 2.11 bits per heavy atom. The third-order valence-corrected chi connectivity index (χ3v) is 5.29. The van der Waals surface area contributed by atoms with Crippen LogP contribution in [0.25, 0.3) is 0 Å². The first-order valence-electron chi connectivity index (χ1n) is 8.59. The van der Waals surface area contributed by atoms with Crippen molar-refractivity contribution in [2.75, 3.05) is 37.0 Å². The Kier molecular flexibility index (Phi) is 7.50. The molecule has 1 aliphatic rings. The number of halogens is 2. The van der Waals surface area contributed by atoms with Gasteiger partial charge in [-0.3, -0.25) is 4.79 Å². The van der Waals surface area contributed by atoms with Crippen LogP contribution in [0.1, 0.15) is 11.3 Å². The molecule has 0 atom stereocenters. The lowest BCUT2D eigenvalue weighted by Gasteiger charge is -2.27. The SMILES string of the molecule is Cc1cc(SCC(=O)NN=Cc2ccc(Cl)cc2Cl)nc(N2CCOCC2)n1. The number of ether oxygens (including phenoxy) is 1. The molecular weight excluding hydrogens is 421 g/mol. The molecule has 0 saturated carbocycles. The number of rotatable bonds is 6. The number of aromatic nitrogens is 2. The predicted molar refractivity (Wildman–Crippen MR) is 113 cm³/mol. The maximum Gasteiger partial charge on any atom is 0.250 e. The Bertz CT molecular complexity index is 875. The lowest BCUT2D eigenvalue weighted by Crippen LogP contribution is -2.37. The zero-order chi connectivity index (χ0) is 19.9. The molecule has 1 amide bonds. The van der Waals surface area contributed by atoms with Gasteiger partial charge in [-0.05, 0) is 25.1 Å². The number of nitrogens with one attached hydrogen (secondary N) is 1. The highest BCUT2D eigenvalue weighted by molar-refractivity contribution is 7.99. The molecule has 1 aromatic carbocycles. The Balaban J connectivity index is 1.54. The van der Waals surface area contributed by atoms with Crippen LogP contribution in [-0.2, 0) is 9.53 Å². The minimum atomic E-state index is -0.240. The van der Waals surface area contributed by atoms with Gasteiger partial charge < -0.3 is 9.64 Å². The summed E-state index contributed by atoms with van der Waals surface area (Å²) in [6.45, 7) is 4.76. The first-order chi connectivity index (χ1) is 13.5. The molecule has 28 heavy (non-hydrogen) atoms. The molecule has 0 aliphatic carbocycles. The van der Waals surface area contributed by atoms with Gasteiger partial charge in [0.25, 0.3) is 0 Å². The summed E-state index contributed by atoms with van der Waals surface area (Å²) in [5, 5.41) is 5.68. The lowest BCUT2D eigenvalue weighted by molar-refractivity contribution is -0.118. The first-order valence-corrected chi connectivity index (χ1v) is 10.3. The van der Waals surface area contributed by atoms with Gasteiger partial charge in [-0.1, -0.05) is 41.0 Å². The van der Waals surface area contributed by atoms with Gasteiger partial charge in [0.05, 0.1) is 30.2 Å². The fourth-order valence-corrected chi connectivity index (χ4v) is 3.66. The molecule has 1 fully saturated rings. The van der Waals surface area contributed by atoms with Crippen molar-refractivity contribution in [1.29, 1.82) is 0 Å². The molecule has 10 heteroatoms. The van der Waals surface area contributed by atoms with Crippen LogP contribution in [0.2, 0.25) is 10.0 Å². The number of thioether (sulfide) groups is 1. The maximum atomic E-state index is 12.0. The number of aryl methyl sites for hydroxylation is 1. The van der Waals surface area contributed by atoms with Crippen molar-refractivity contribution in [2.45, 2.75) is 11.9 Å². The molecule has 0 radical (unpaired) electrons. The summed E-state index contributed by atoms with van der Waals surface area (Å²) in [6, 6.07) is 6.91. The van der Waals surface area contributed by atoms with E-state index in [9.17, 15) is 4.79 Å². The monoisotopic (exact) mass is 439 g/mol. The number of amides is 1. The normalized spacial score (nSPS) is 14.5. The van der Waals surface area contributed by atoms with Crippen LogP contribution in [0.3, 0.4) is 0 Å². The molecule has 2 aromatic rings. The van der Waals surface area contributed by atoms with Crippen LogP contribution in [0.5, 0.6) is 0 Å². The van der Waals surface area contributed by atoms with Crippen molar-refractivity contribution in [3.05, 3.63) is 45.6 Å². The standard InChI is InChI=1S/C18H19Cl2N5O2S/c1-12-8-17(23-18(22-12)25-4-6-27-7-5-25)28-11-16(26)24-21-10-13-2-3-14(19)9-15(13)20/h2-3,8-10H,4-7,11H2,1H3,(H,24,26). The van der Waals surface area contributed by atoms with Gasteiger partial charge in [0.1, 0.15) is 5.03 Å².